The molecule has 6 nitrogen and oxygen atoms in total. The molecule has 0 unspecified atom stereocenters. The lowest BCUT2D eigenvalue weighted by atomic mass is 10.1. The summed E-state index contributed by atoms with van der Waals surface area (Å²) in [7, 11) is 0. The van der Waals surface area contributed by atoms with Crippen LogP contribution in [-0.2, 0) is 6.42 Å². The molecule has 0 saturated carbocycles. The fourth-order valence-corrected chi connectivity index (χ4v) is 2.93. The summed E-state index contributed by atoms with van der Waals surface area (Å²) < 4.78 is 0. The summed E-state index contributed by atoms with van der Waals surface area (Å²) in [5.41, 5.74) is 9.86. The maximum Gasteiger partial charge on any atom is 0.169 e. The molecule has 3 N–H and O–H groups in total. The van der Waals surface area contributed by atoms with Crippen molar-refractivity contribution >= 4 is 11.5 Å². The quantitative estimate of drug-likeness (QED) is 0.700. The van der Waals surface area contributed by atoms with Crippen LogP contribution in [0.25, 0.3) is 11.3 Å². The summed E-state index contributed by atoms with van der Waals surface area (Å²) in [5, 5.41) is 27.2. The second-order valence-electron chi connectivity index (χ2n) is 6.16. The number of benzene rings is 2. The molecule has 0 bridgehead atoms. The van der Waals surface area contributed by atoms with Crippen molar-refractivity contribution in [2.75, 3.05) is 23.7 Å². The topological polar surface area (TPSA) is 99.1 Å². The number of rotatable bonds is 6. The van der Waals surface area contributed by atoms with Crippen LogP contribution < -0.4 is 10.6 Å². The number of nitrogen functional groups attached to an aromatic ring is 1. The molecule has 0 radical (unpaired) electrons. The molecule has 0 fully saturated rings. The largest absolute Gasteiger partial charge is 0.507 e. The number of hydrogen-bond donors (Lipinski definition) is 2. The van der Waals surface area contributed by atoms with Gasteiger partial charge in [0, 0.05) is 18.7 Å². The molecule has 0 aliphatic heterocycles. The minimum Gasteiger partial charge on any atom is -0.507 e. The van der Waals surface area contributed by atoms with E-state index in [1.54, 1.807) is 18.2 Å². The van der Waals surface area contributed by atoms with Crippen molar-refractivity contribution in [2.24, 2.45) is 0 Å². The van der Waals surface area contributed by atoms with Gasteiger partial charge in [-0.2, -0.15) is 5.26 Å². The van der Waals surface area contributed by atoms with Crippen molar-refractivity contribution in [3.63, 3.8) is 0 Å². The Balaban J connectivity index is 1.83. The van der Waals surface area contributed by atoms with Gasteiger partial charge in [-0.15, -0.1) is 10.2 Å². The van der Waals surface area contributed by atoms with Crippen molar-refractivity contribution < 1.29 is 5.11 Å². The van der Waals surface area contributed by atoms with Gasteiger partial charge in [-0.1, -0.05) is 24.3 Å². The molecule has 3 aromatic rings. The van der Waals surface area contributed by atoms with Crippen LogP contribution >= 0.6 is 0 Å². The number of aromatic hydroxyl groups is 1. The van der Waals surface area contributed by atoms with Crippen LogP contribution in [-0.4, -0.2) is 28.4 Å². The Morgan fingerprint density at radius 1 is 1.11 bits per heavy atom. The number of para-hydroxylation sites is 1. The zero-order valence-electron chi connectivity index (χ0n) is 15.1. The first kappa shape index (κ1) is 18.2. The first-order valence-corrected chi connectivity index (χ1v) is 8.78. The maximum absolute atomic E-state index is 10.1. The monoisotopic (exact) mass is 359 g/mol. The van der Waals surface area contributed by atoms with Gasteiger partial charge in [-0.05, 0) is 49.2 Å². The number of nitriles is 1. The van der Waals surface area contributed by atoms with Gasteiger partial charge in [0.1, 0.15) is 5.75 Å². The van der Waals surface area contributed by atoms with Crippen LogP contribution in [0, 0.1) is 11.3 Å². The smallest absolute Gasteiger partial charge is 0.169 e. The van der Waals surface area contributed by atoms with Crippen molar-refractivity contribution in [3.8, 4) is 23.1 Å². The zero-order valence-corrected chi connectivity index (χ0v) is 15.1. The summed E-state index contributed by atoms with van der Waals surface area (Å²) in [6.07, 6.45) is 0.813. The second kappa shape index (κ2) is 8.19. The van der Waals surface area contributed by atoms with Crippen molar-refractivity contribution in [1.29, 1.82) is 5.26 Å². The Kier molecular flexibility index (Phi) is 5.53. The summed E-state index contributed by atoms with van der Waals surface area (Å²) >= 11 is 0. The lowest BCUT2D eigenvalue weighted by Crippen LogP contribution is -2.26. The van der Waals surface area contributed by atoms with Gasteiger partial charge in [0.05, 0.1) is 23.0 Å². The predicted molar refractivity (Wildman–Crippen MR) is 106 cm³/mol. The first-order chi connectivity index (χ1) is 13.1. The molecule has 0 aliphatic rings. The predicted octanol–water partition coefficient (Wildman–Crippen LogP) is 3.37. The highest BCUT2D eigenvalue weighted by Gasteiger charge is 2.14. The number of hydrogen-bond acceptors (Lipinski definition) is 6. The maximum atomic E-state index is 10.1. The second-order valence-corrected chi connectivity index (χ2v) is 6.16. The van der Waals surface area contributed by atoms with Crippen LogP contribution in [0.1, 0.15) is 18.1 Å². The lowest BCUT2D eigenvalue weighted by molar-refractivity contribution is 0.477. The third-order valence-corrected chi connectivity index (χ3v) is 4.46. The number of nitrogens with zero attached hydrogens (tertiary/aromatic N) is 4. The van der Waals surface area contributed by atoms with Gasteiger partial charge >= 0.3 is 0 Å². The molecule has 6 heteroatoms. The number of nitrogens with two attached hydrogens (primary N) is 1. The number of likely N-dealkylation sites (N-methyl/N-ethyl adjacent to an activating group) is 1. The number of phenolic OH excluding ortho intramolecular Hbond substituents is 1. The molecule has 2 aromatic carbocycles. The normalized spacial score (nSPS) is 10.4. The van der Waals surface area contributed by atoms with Crippen molar-refractivity contribution in [1.82, 2.24) is 10.2 Å². The van der Waals surface area contributed by atoms with Gasteiger partial charge in [0.2, 0.25) is 0 Å². The number of aromatic nitrogens is 2. The standard InChI is InChI=1S/C21H21N5O/c1-2-26(12-11-15-7-9-16(14-22)10-8-15)19-13-18(24-25-21(19)23)17-5-3-4-6-20(17)27/h3-10,13,27H,2,11-12H2,1H3,(H2,23,25). The highest BCUT2D eigenvalue weighted by Crippen LogP contribution is 2.31. The molecule has 1 heterocycles. The number of phenols is 1. The summed E-state index contributed by atoms with van der Waals surface area (Å²) in [5.74, 6) is 0.513. The lowest BCUT2D eigenvalue weighted by Gasteiger charge is -2.24. The van der Waals surface area contributed by atoms with E-state index in [2.05, 4.69) is 28.1 Å². The van der Waals surface area contributed by atoms with E-state index in [1.807, 2.05) is 36.4 Å². The molecule has 0 spiro atoms. The van der Waals surface area contributed by atoms with E-state index in [1.165, 1.54) is 0 Å². The Bertz CT molecular complexity index is 963. The highest BCUT2D eigenvalue weighted by atomic mass is 16.3. The molecule has 0 saturated heterocycles. The van der Waals surface area contributed by atoms with E-state index in [9.17, 15) is 5.11 Å². The van der Waals surface area contributed by atoms with Crippen LogP contribution in [0.2, 0.25) is 0 Å². The van der Waals surface area contributed by atoms with Crippen LogP contribution in [0.3, 0.4) is 0 Å². The Labute approximate surface area is 158 Å². The minimum absolute atomic E-state index is 0.156. The van der Waals surface area contributed by atoms with E-state index in [0.29, 0.717) is 22.6 Å². The summed E-state index contributed by atoms with van der Waals surface area (Å²) in [6, 6.07) is 18.6. The third-order valence-electron chi connectivity index (χ3n) is 4.46. The van der Waals surface area contributed by atoms with Crippen molar-refractivity contribution in [3.05, 3.63) is 65.7 Å². The highest BCUT2D eigenvalue weighted by molar-refractivity contribution is 5.73. The molecule has 1 aromatic heterocycles. The fourth-order valence-electron chi connectivity index (χ4n) is 2.93. The third kappa shape index (κ3) is 4.15. The molecule has 0 atom stereocenters. The van der Waals surface area contributed by atoms with E-state index < -0.39 is 0 Å². The van der Waals surface area contributed by atoms with E-state index >= 15 is 0 Å². The van der Waals surface area contributed by atoms with E-state index in [4.69, 9.17) is 11.0 Å². The van der Waals surface area contributed by atoms with E-state index in [-0.39, 0.29) is 5.75 Å². The molecule has 0 aliphatic carbocycles. The molecule has 0 amide bonds. The Morgan fingerprint density at radius 2 is 1.85 bits per heavy atom. The van der Waals surface area contributed by atoms with Crippen LogP contribution in [0.5, 0.6) is 5.75 Å². The SMILES string of the molecule is CCN(CCc1ccc(C#N)cc1)c1cc(-c2ccccc2O)nnc1N. The average Bonchev–Trinajstić information content (AvgIpc) is 2.70. The molecule has 136 valence electrons. The summed E-state index contributed by atoms with van der Waals surface area (Å²) in [6.45, 7) is 3.56. The van der Waals surface area contributed by atoms with E-state index in [0.717, 1.165) is 30.8 Å². The fraction of sp³-hybridized carbons (Fsp3) is 0.190. The summed E-state index contributed by atoms with van der Waals surface area (Å²) in [4.78, 5) is 2.13. The van der Waals surface area contributed by atoms with Crippen molar-refractivity contribution in [2.45, 2.75) is 13.3 Å². The van der Waals surface area contributed by atoms with Gasteiger partial charge < -0.3 is 15.7 Å². The molecular weight excluding hydrogens is 338 g/mol. The molecule has 3 rings (SSSR count). The van der Waals surface area contributed by atoms with Gasteiger partial charge in [-0.3, -0.25) is 0 Å². The molecular formula is C21H21N5O. The van der Waals surface area contributed by atoms with Crippen LogP contribution in [0.4, 0.5) is 11.5 Å². The zero-order chi connectivity index (χ0) is 19.2. The number of anilines is 2. The van der Waals surface area contributed by atoms with Gasteiger partial charge in [0.25, 0.3) is 0 Å². The van der Waals surface area contributed by atoms with Gasteiger partial charge in [0.15, 0.2) is 5.82 Å². The van der Waals surface area contributed by atoms with Crippen LogP contribution in [0.15, 0.2) is 54.6 Å². The Hall–Kier alpha value is -3.59. The Morgan fingerprint density at radius 3 is 2.52 bits per heavy atom. The minimum atomic E-state index is 0.156. The average molecular weight is 359 g/mol. The first-order valence-electron chi connectivity index (χ1n) is 8.78. The molecule has 27 heavy (non-hydrogen) atoms. The van der Waals surface area contributed by atoms with Gasteiger partial charge in [-0.25, -0.2) is 0 Å².